The summed E-state index contributed by atoms with van der Waals surface area (Å²) in [6, 6.07) is -0.203. The van der Waals surface area contributed by atoms with E-state index in [4.69, 9.17) is 0 Å². The molecule has 2 heterocycles. The second-order valence-electron chi connectivity index (χ2n) is 2.68. The van der Waals surface area contributed by atoms with E-state index in [1.165, 1.54) is 0 Å². The highest BCUT2D eigenvalue weighted by Crippen LogP contribution is 2.13. The van der Waals surface area contributed by atoms with Gasteiger partial charge in [-0.3, -0.25) is 4.99 Å². The second-order valence-corrected chi connectivity index (χ2v) is 2.68. The number of hydrogen-bond donors (Lipinski definition) is 2. The Morgan fingerprint density at radius 3 is 3.25 bits per heavy atom. The van der Waals surface area contributed by atoms with Crippen LogP contribution >= 0.6 is 0 Å². The van der Waals surface area contributed by atoms with Crippen molar-refractivity contribution in [2.24, 2.45) is 10.9 Å². The zero-order valence-corrected chi connectivity index (χ0v) is 6.40. The number of fused-ring (bicyclic) bond motifs is 1. The molecule has 4 nitrogen and oxygen atoms in total. The summed E-state index contributed by atoms with van der Waals surface area (Å²) in [7, 11) is 0. The average Bonchev–Trinajstić information content (AvgIpc) is 2.25. The van der Waals surface area contributed by atoms with Crippen molar-refractivity contribution in [3.05, 3.63) is 24.4 Å². The van der Waals surface area contributed by atoms with E-state index in [0.717, 1.165) is 0 Å². The lowest BCUT2D eigenvalue weighted by molar-refractivity contribution is 0.240. The van der Waals surface area contributed by atoms with E-state index in [1.54, 1.807) is 12.4 Å². The monoisotopic (exact) mass is 163 g/mol. The van der Waals surface area contributed by atoms with Gasteiger partial charge in [-0.05, 0) is 6.08 Å². The molecular formula is C8H9N3O. The highest BCUT2D eigenvalue weighted by atomic mass is 16.2. The summed E-state index contributed by atoms with van der Waals surface area (Å²) in [6.07, 6.45) is 8.99. The summed E-state index contributed by atoms with van der Waals surface area (Å²) in [5, 5.41) is 5.28. The maximum Gasteiger partial charge on any atom is 0.320 e. The lowest BCUT2D eigenvalue weighted by Gasteiger charge is -2.18. The van der Waals surface area contributed by atoms with Gasteiger partial charge in [-0.2, -0.15) is 0 Å². The van der Waals surface area contributed by atoms with Gasteiger partial charge in [-0.1, -0.05) is 12.2 Å². The minimum Gasteiger partial charge on any atom is -0.315 e. The molecule has 0 fully saturated rings. The number of rotatable bonds is 0. The number of dihydropyridines is 1. The number of hydrogen-bond acceptors (Lipinski definition) is 2. The number of aliphatic imine (C=N–C) groups is 1. The van der Waals surface area contributed by atoms with Gasteiger partial charge in [-0.15, -0.1) is 0 Å². The summed E-state index contributed by atoms with van der Waals surface area (Å²) < 4.78 is 0. The molecule has 0 aromatic heterocycles. The van der Waals surface area contributed by atoms with Crippen molar-refractivity contribution in [2.75, 3.05) is 0 Å². The van der Waals surface area contributed by atoms with Crippen LogP contribution in [0.2, 0.25) is 0 Å². The predicted molar refractivity (Wildman–Crippen MR) is 45.7 cm³/mol. The zero-order chi connectivity index (χ0) is 8.39. The van der Waals surface area contributed by atoms with Gasteiger partial charge in [0.2, 0.25) is 0 Å². The third-order valence-corrected chi connectivity index (χ3v) is 1.84. The van der Waals surface area contributed by atoms with Crippen LogP contribution < -0.4 is 10.6 Å². The van der Waals surface area contributed by atoms with Crippen LogP contribution in [0, 0.1) is 5.92 Å². The topological polar surface area (TPSA) is 53.5 Å². The van der Waals surface area contributed by atoms with Crippen LogP contribution in [0.4, 0.5) is 4.79 Å². The Hall–Kier alpha value is -1.58. The van der Waals surface area contributed by atoms with E-state index in [9.17, 15) is 4.79 Å². The second kappa shape index (κ2) is 2.81. The highest BCUT2D eigenvalue weighted by molar-refractivity contribution is 5.78. The molecule has 2 atom stereocenters. The lowest BCUT2D eigenvalue weighted by Crippen LogP contribution is -2.40. The number of nitrogens with one attached hydrogen (secondary N) is 2. The third kappa shape index (κ3) is 1.23. The van der Waals surface area contributed by atoms with Crippen LogP contribution in [0.1, 0.15) is 0 Å². The first kappa shape index (κ1) is 7.09. The standard InChI is InChI=1S/C8H9N3O/c12-8-10-5-3-6-2-1-4-9-7(6)11-8/h1-7H,(H2,10,11,12). The fraction of sp³-hybridized carbons (Fsp3) is 0.250. The molecule has 2 unspecified atom stereocenters. The molecule has 0 aromatic carbocycles. The fourth-order valence-electron chi connectivity index (χ4n) is 1.24. The van der Waals surface area contributed by atoms with E-state index in [-0.39, 0.29) is 18.1 Å². The van der Waals surface area contributed by atoms with Gasteiger partial charge >= 0.3 is 6.03 Å². The Kier molecular flexibility index (Phi) is 1.66. The first-order valence-corrected chi connectivity index (χ1v) is 3.80. The Morgan fingerprint density at radius 2 is 2.33 bits per heavy atom. The molecule has 0 saturated heterocycles. The first-order chi connectivity index (χ1) is 5.86. The molecule has 4 heteroatoms. The van der Waals surface area contributed by atoms with Gasteiger partial charge < -0.3 is 10.6 Å². The van der Waals surface area contributed by atoms with Crippen LogP contribution in [0.15, 0.2) is 29.4 Å². The molecule has 0 bridgehead atoms. The van der Waals surface area contributed by atoms with Crippen LogP contribution in [0.25, 0.3) is 0 Å². The van der Waals surface area contributed by atoms with Gasteiger partial charge in [0.05, 0.1) is 0 Å². The fourth-order valence-corrected chi connectivity index (χ4v) is 1.24. The van der Waals surface area contributed by atoms with Crippen LogP contribution in [-0.4, -0.2) is 18.4 Å². The molecule has 0 spiro atoms. The Labute approximate surface area is 70.1 Å². The molecule has 2 aliphatic heterocycles. The molecule has 0 saturated carbocycles. The molecule has 2 rings (SSSR count). The summed E-state index contributed by atoms with van der Waals surface area (Å²) in [6.45, 7) is 0. The summed E-state index contributed by atoms with van der Waals surface area (Å²) in [4.78, 5) is 15.1. The summed E-state index contributed by atoms with van der Waals surface area (Å²) in [5.41, 5.74) is 0. The van der Waals surface area contributed by atoms with Crippen LogP contribution in [0.3, 0.4) is 0 Å². The van der Waals surface area contributed by atoms with Gasteiger partial charge in [0.1, 0.15) is 6.17 Å². The Bertz CT molecular complexity index is 280. The van der Waals surface area contributed by atoms with Crippen molar-refractivity contribution in [2.45, 2.75) is 6.17 Å². The molecule has 2 N–H and O–H groups in total. The Balaban J connectivity index is 2.21. The normalized spacial score (nSPS) is 31.8. The number of carbonyl (C=O) groups excluding carboxylic acids is 1. The van der Waals surface area contributed by atoms with Gasteiger partial charge in [-0.25, -0.2) is 4.79 Å². The van der Waals surface area contributed by atoms with Crippen LogP contribution in [-0.2, 0) is 0 Å². The van der Waals surface area contributed by atoms with Crippen molar-refractivity contribution >= 4 is 12.2 Å². The molecular weight excluding hydrogens is 154 g/mol. The van der Waals surface area contributed by atoms with E-state index in [2.05, 4.69) is 15.6 Å². The summed E-state index contributed by atoms with van der Waals surface area (Å²) >= 11 is 0. The molecule has 2 amide bonds. The molecule has 12 heavy (non-hydrogen) atoms. The van der Waals surface area contributed by atoms with E-state index < -0.39 is 0 Å². The number of urea groups is 1. The molecule has 0 aromatic rings. The third-order valence-electron chi connectivity index (χ3n) is 1.84. The van der Waals surface area contributed by atoms with Gasteiger partial charge in [0.15, 0.2) is 0 Å². The SMILES string of the molecule is O=C1NC=CC2C=CC=NC2N1. The lowest BCUT2D eigenvalue weighted by atomic mass is 10.0. The quantitative estimate of drug-likeness (QED) is 0.533. The highest BCUT2D eigenvalue weighted by Gasteiger charge is 2.20. The number of amides is 2. The molecule has 62 valence electrons. The van der Waals surface area contributed by atoms with Crippen molar-refractivity contribution in [1.29, 1.82) is 0 Å². The van der Waals surface area contributed by atoms with Crippen molar-refractivity contribution in [1.82, 2.24) is 10.6 Å². The van der Waals surface area contributed by atoms with Crippen molar-refractivity contribution in [3.8, 4) is 0 Å². The van der Waals surface area contributed by atoms with Crippen molar-refractivity contribution < 1.29 is 4.79 Å². The maximum absolute atomic E-state index is 11.0. The molecule has 0 radical (unpaired) electrons. The van der Waals surface area contributed by atoms with E-state index in [1.807, 2.05) is 18.2 Å². The largest absolute Gasteiger partial charge is 0.320 e. The van der Waals surface area contributed by atoms with E-state index >= 15 is 0 Å². The minimum absolute atomic E-state index is 0.145. The van der Waals surface area contributed by atoms with Gasteiger partial charge in [0, 0.05) is 18.3 Å². The van der Waals surface area contributed by atoms with E-state index in [0.29, 0.717) is 0 Å². The minimum atomic E-state index is -0.203. The first-order valence-electron chi connectivity index (χ1n) is 3.80. The maximum atomic E-state index is 11.0. The average molecular weight is 163 g/mol. The van der Waals surface area contributed by atoms with Gasteiger partial charge in [0.25, 0.3) is 0 Å². The molecule has 0 aliphatic carbocycles. The number of carbonyl (C=O) groups is 1. The number of nitrogens with zero attached hydrogens (tertiary/aromatic N) is 1. The smallest absolute Gasteiger partial charge is 0.315 e. The number of allylic oxidation sites excluding steroid dienone is 1. The van der Waals surface area contributed by atoms with Crippen molar-refractivity contribution in [3.63, 3.8) is 0 Å². The Morgan fingerprint density at radius 1 is 1.42 bits per heavy atom. The predicted octanol–water partition coefficient (Wildman–Crippen LogP) is 0.396. The summed E-state index contributed by atoms with van der Waals surface area (Å²) in [5.74, 6) is 0.175. The molecule has 2 aliphatic rings. The van der Waals surface area contributed by atoms with Crippen LogP contribution in [0.5, 0.6) is 0 Å². The zero-order valence-electron chi connectivity index (χ0n) is 6.40.